The Bertz CT molecular complexity index is 633. The van der Waals surface area contributed by atoms with Crippen molar-refractivity contribution in [2.75, 3.05) is 11.9 Å². The number of carbonyl (C=O) groups is 2. The Morgan fingerprint density at radius 2 is 1.95 bits per heavy atom. The van der Waals surface area contributed by atoms with Crippen LogP contribution in [0.25, 0.3) is 0 Å². The van der Waals surface area contributed by atoms with Gasteiger partial charge < -0.3 is 15.2 Å². The summed E-state index contributed by atoms with van der Waals surface area (Å²) >= 11 is 1.18. The van der Waals surface area contributed by atoms with Crippen LogP contribution in [0.2, 0.25) is 0 Å². The molecule has 0 aliphatic rings. The zero-order valence-corrected chi connectivity index (χ0v) is 12.3. The van der Waals surface area contributed by atoms with Gasteiger partial charge in [-0.3, -0.25) is 4.79 Å². The summed E-state index contributed by atoms with van der Waals surface area (Å²) in [4.78, 5) is 22.7. The molecular formula is C15H15NO4S. The van der Waals surface area contributed by atoms with Crippen molar-refractivity contribution in [3.63, 3.8) is 0 Å². The maximum atomic E-state index is 11.8. The highest BCUT2D eigenvalue weighted by atomic mass is 32.1. The van der Waals surface area contributed by atoms with E-state index in [1.165, 1.54) is 17.4 Å². The summed E-state index contributed by atoms with van der Waals surface area (Å²) in [5.41, 5.74) is 1.24. The molecule has 1 heterocycles. The summed E-state index contributed by atoms with van der Waals surface area (Å²) < 4.78 is 5.45. The minimum Gasteiger partial charge on any atom is -0.493 e. The monoisotopic (exact) mass is 305 g/mol. The van der Waals surface area contributed by atoms with Gasteiger partial charge in [-0.25, -0.2) is 4.79 Å². The van der Waals surface area contributed by atoms with E-state index < -0.39 is 5.97 Å². The molecule has 2 N–H and O–H groups in total. The number of aryl methyl sites for hydroxylation is 1. The molecule has 0 aliphatic heterocycles. The lowest BCUT2D eigenvalue weighted by atomic mass is 10.2. The smallest absolute Gasteiger partial charge is 0.338 e. The Morgan fingerprint density at radius 1 is 1.24 bits per heavy atom. The number of thiophene rings is 1. The number of carbonyl (C=O) groups excluding carboxylic acids is 1. The van der Waals surface area contributed by atoms with Crippen LogP contribution in [0.1, 0.15) is 22.3 Å². The van der Waals surface area contributed by atoms with Crippen molar-refractivity contribution in [2.24, 2.45) is 0 Å². The number of benzene rings is 1. The van der Waals surface area contributed by atoms with Crippen LogP contribution < -0.4 is 10.1 Å². The number of rotatable bonds is 6. The molecule has 21 heavy (non-hydrogen) atoms. The fraction of sp³-hybridized carbons (Fsp3) is 0.200. The van der Waals surface area contributed by atoms with Gasteiger partial charge in [-0.05, 0) is 30.5 Å². The van der Waals surface area contributed by atoms with E-state index in [1.54, 1.807) is 5.38 Å². The predicted molar refractivity (Wildman–Crippen MR) is 81.2 cm³/mol. The topological polar surface area (TPSA) is 75.6 Å². The molecule has 1 amide bonds. The molecule has 2 aromatic rings. The van der Waals surface area contributed by atoms with E-state index in [0.29, 0.717) is 10.8 Å². The predicted octanol–water partition coefficient (Wildman–Crippen LogP) is 3.16. The van der Waals surface area contributed by atoms with Crippen LogP contribution in [-0.4, -0.2) is 23.6 Å². The first-order chi connectivity index (χ1) is 10.1. The highest BCUT2D eigenvalue weighted by Gasteiger charge is 2.13. The maximum absolute atomic E-state index is 11.8. The second-order valence-electron chi connectivity index (χ2n) is 4.43. The van der Waals surface area contributed by atoms with Crippen LogP contribution in [0, 0.1) is 6.92 Å². The fourth-order valence-electron chi connectivity index (χ4n) is 1.66. The van der Waals surface area contributed by atoms with Crippen LogP contribution >= 0.6 is 11.3 Å². The van der Waals surface area contributed by atoms with Gasteiger partial charge in [-0.2, -0.15) is 0 Å². The van der Waals surface area contributed by atoms with E-state index in [9.17, 15) is 9.59 Å². The largest absolute Gasteiger partial charge is 0.493 e. The Morgan fingerprint density at radius 3 is 2.62 bits per heavy atom. The van der Waals surface area contributed by atoms with Gasteiger partial charge in [0.15, 0.2) is 0 Å². The molecule has 0 spiro atoms. The molecule has 5 nitrogen and oxygen atoms in total. The van der Waals surface area contributed by atoms with E-state index in [0.717, 1.165) is 5.56 Å². The van der Waals surface area contributed by atoms with Crippen LogP contribution in [0.4, 0.5) is 5.00 Å². The van der Waals surface area contributed by atoms with E-state index in [1.807, 2.05) is 31.2 Å². The van der Waals surface area contributed by atoms with Gasteiger partial charge in [0, 0.05) is 0 Å². The van der Waals surface area contributed by atoms with Crippen LogP contribution in [0.5, 0.6) is 5.75 Å². The van der Waals surface area contributed by atoms with Crippen LogP contribution in [0.15, 0.2) is 35.7 Å². The van der Waals surface area contributed by atoms with Gasteiger partial charge in [0.1, 0.15) is 10.8 Å². The van der Waals surface area contributed by atoms with Gasteiger partial charge in [0.05, 0.1) is 18.6 Å². The zero-order chi connectivity index (χ0) is 15.2. The van der Waals surface area contributed by atoms with Gasteiger partial charge >= 0.3 is 5.97 Å². The lowest BCUT2D eigenvalue weighted by molar-refractivity contribution is -0.116. The number of carboxylic acids is 1. The minimum absolute atomic E-state index is 0.104. The first-order valence-corrected chi connectivity index (χ1v) is 7.24. The van der Waals surface area contributed by atoms with Crippen molar-refractivity contribution in [1.82, 2.24) is 0 Å². The van der Waals surface area contributed by atoms with Gasteiger partial charge in [0.25, 0.3) is 0 Å². The number of carboxylic acid groups (broad SMARTS) is 1. The molecule has 110 valence electrons. The maximum Gasteiger partial charge on any atom is 0.338 e. The Balaban J connectivity index is 1.81. The lowest BCUT2D eigenvalue weighted by Gasteiger charge is -2.07. The third-order valence-corrected chi connectivity index (χ3v) is 3.60. The number of anilines is 1. The Hall–Kier alpha value is -2.34. The normalized spacial score (nSPS) is 10.1. The molecule has 0 fully saturated rings. The average Bonchev–Trinajstić information content (AvgIpc) is 2.89. The van der Waals surface area contributed by atoms with E-state index >= 15 is 0 Å². The molecule has 0 aliphatic carbocycles. The molecule has 0 saturated carbocycles. The first kappa shape index (κ1) is 15.1. The van der Waals surface area contributed by atoms with Gasteiger partial charge in [-0.15, -0.1) is 11.3 Å². The molecule has 0 unspecified atom stereocenters. The second-order valence-corrected chi connectivity index (χ2v) is 5.34. The van der Waals surface area contributed by atoms with Crippen molar-refractivity contribution in [1.29, 1.82) is 0 Å². The summed E-state index contributed by atoms with van der Waals surface area (Å²) in [6.07, 6.45) is 0.158. The molecule has 0 saturated heterocycles. The summed E-state index contributed by atoms with van der Waals surface area (Å²) in [5, 5.41) is 13.5. The number of hydrogen-bond donors (Lipinski definition) is 2. The van der Waals surface area contributed by atoms with Crippen molar-refractivity contribution in [3.05, 3.63) is 46.8 Å². The van der Waals surface area contributed by atoms with Crippen LogP contribution in [-0.2, 0) is 4.79 Å². The number of amides is 1. The van der Waals surface area contributed by atoms with E-state index in [2.05, 4.69) is 5.32 Å². The highest BCUT2D eigenvalue weighted by Crippen LogP contribution is 2.23. The number of aromatic carboxylic acids is 1. The van der Waals surface area contributed by atoms with Crippen molar-refractivity contribution in [2.45, 2.75) is 13.3 Å². The Kier molecular flexibility index (Phi) is 4.94. The van der Waals surface area contributed by atoms with Crippen molar-refractivity contribution < 1.29 is 19.4 Å². The van der Waals surface area contributed by atoms with Crippen LogP contribution in [0.3, 0.4) is 0 Å². The average molecular weight is 305 g/mol. The molecule has 1 aromatic carbocycles. The van der Waals surface area contributed by atoms with Gasteiger partial charge in [-0.1, -0.05) is 17.7 Å². The van der Waals surface area contributed by atoms with E-state index in [4.69, 9.17) is 9.84 Å². The molecule has 2 rings (SSSR count). The summed E-state index contributed by atoms with van der Waals surface area (Å²) in [5.74, 6) is -0.620. The summed E-state index contributed by atoms with van der Waals surface area (Å²) in [6, 6.07) is 9.01. The molecule has 1 aromatic heterocycles. The molecule has 6 heteroatoms. The standard InChI is InChI=1S/C15H15NO4S/c1-10-2-4-11(5-3-10)20-8-6-13(17)16-14-12(15(18)19)7-9-21-14/h2-5,7,9H,6,8H2,1H3,(H,16,17)(H,18,19). The quantitative estimate of drug-likeness (QED) is 0.859. The zero-order valence-electron chi connectivity index (χ0n) is 11.5. The van der Waals surface area contributed by atoms with Crippen molar-refractivity contribution in [3.8, 4) is 5.75 Å². The van der Waals surface area contributed by atoms with E-state index in [-0.39, 0.29) is 24.5 Å². The third kappa shape index (κ3) is 4.32. The minimum atomic E-state index is -1.05. The first-order valence-electron chi connectivity index (χ1n) is 6.36. The molecule has 0 atom stereocenters. The number of nitrogens with one attached hydrogen (secondary N) is 1. The Labute approximate surface area is 126 Å². The third-order valence-electron chi connectivity index (χ3n) is 2.77. The van der Waals surface area contributed by atoms with Gasteiger partial charge in [0.2, 0.25) is 5.91 Å². The number of hydrogen-bond acceptors (Lipinski definition) is 4. The fourth-order valence-corrected chi connectivity index (χ4v) is 2.45. The summed E-state index contributed by atoms with van der Waals surface area (Å²) in [6.45, 7) is 2.22. The highest BCUT2D eigenvalue weighted by molar-refractivity contribution is 7.14. The summed E-state index contributed by atoms with van der Waals surface area (Å²) in [7, 11) is 0. The second kappa shape index (κ2) is 6.90. The number of ether oxygens (including phenoxy) is 1. The molecule has 0 radical (unpaired) electrons. The van der Waals surface area contributed by atoms with Crippen molar-refractivity contribution >= 4 is 28.2 Å². The molecule has 0 bridgehead atoms. The molecular weight excluding hydrogens is 290 g/mol. The SMILES string of the molecule is Cc1ccc(OCCC(=O)Nc2sccc2C(=O)O)cc1. The lowest BCUT2D eigenvalue weighted by Crippen LogP contribution is -2.16.